The standard InChI is InChI=1S/C15H21FN2OS/c1-20-14-8-3-2-7-13(14)17-10-15(19)18-12-6-4-5-11(16)9-12/h4-6,9,13-14,17H,2-3,7-8,10H2,1H3,(H,18,19). The van der Waals surface area contributed by atoms with Crippen molar-refractivity contribution in [3.63, 3.8) is 0 Å². The fourth-order valence-electron chi connectivity index (χ4n) is 2.61. The monoisotopic (exact) mass is 296 g/mol. The normalized spacial score (nSPS) is 22.5. The van der Waals surface area contributed by atoms with Crippen LogP contribution in [-0.2, 0) is 4.79 Å². The highest BCUT2D eigenvalue weighted by Crippen LogP contribution is 2.26. The Morgan fingerprint density at radius 1 is 1.40 bits per heavy atom. The smallest absolute Gasteiger partial charge is 0.238 e. The molecule has 0 heterocycles. The first-order valence-corrected chi connectivity index (χ1v) is 8.29. The summed E-state index contributed by atoms with van der Waals surface area (Å²) in [6.45, 7) is 0.276. The molecule has 3 nitrogen and oxygen atoms in total. The van der Waals surface area contributed by atoms with Crippen LogP contribution in [0, 0.1) is 5.82 Å². The lowest BCUT2D eigenvalue weighted by molar-refractivity contribution is -0.115. The van der Waals surface area contributed by atoms with E-state index in [1.807, 2.05) is 11.8 Å². The molecular formula is C15H21FN2OS. The van der Waals surface area contributed by atoms with E-state index < -0.39 is 0 Å². The summed E-state index contributed by atoms with van der Waals surface area (Å²) in [4.78, 5) is 11.9. The van der Waals surface area contributed by atoms with Gasteiger partial charge in [0.1, 0.15) is 5.82 Å². The zero-order valence-corrected chi connectivity index (χ0v) is 12.5. The summed E-state index contributed by atoms with van der Waals surface area (Å²) in [5.41, 5.74) is 0.502. The van der Waals surface area contributed by atoms with Crippen LogP contribution in [0.15, 0.2) is 24.3 Å². The first kappa shape index (κ1) is 15.3. The molecule has 1 aromatic rings. The molecule has 2 unspecified atom stereocenters. The number of amides is 1. The number of hydrogen-bond donors (Lipinski definition) is 2. The summed E-state index contributed by atoms with van der Waals surface area (Å²) in [5, 5.41) is 6.63. The second kappa shape index (κ2) is 7.64. The maximum atomic E-state index is 13.0. The van der Waals surface area contributed by atoms with E-state index in [-0.39, 0.29) is 18.3 Å². The summed E-state index contributed by atoms with van der Waals surface area (Å²) >= 11 is 1.87. The Hall–Kier alpha value is -1.07. The SMILES string of the molecule is CSC1CCCCC1NCC(=O)Nc1cccc(F)c1. The molecule has 20 heavy (non-hydrogen) atoms. The highest BCUT2D eigenvalue weighted by Gasteiger charge is 2.24. The van der Waals surface area contributed by atoms with Gasteiger partial charge in [0.2, 0.25) is 5.91 Å². The Labute approximate surface area is 123 Å². The molecule has 0 bridgehead atoms. The Morgan fingerprint density at radius 3 is 2.95 bits per heavy atom. The molecule has 1 amide bonds. The largest absolute Gasteiger partial charge is 0.325 e. The van der Waals surface area contributed by atoms with Gasteiger partial charge in [0.25, 0.3) is 0 Å². The van der Waals surface area contributed by atoms with Crippen molar-refractivity contribution in [3.05, 3.63) is 30.1 Å². The second-order valence-electron chi connectivity index (χ2n) is 5.10. The van der Waals surface area contributed by atoms with Crippen LogP contribution in [0.5, 0.6) is 0 Å². The van der Waals surface area contributed by atoms with Crippen molar-refractivity contribution in [2.24, 2.45) is 0 Å². The van der Waals surface area contributed by atoms with Gasteiger partial charge in [-0.15, -0.1) is 0 Å². The van der Waals surface area contributed by atoms with Crippen LogP contribution in [0.1, 0.15) is 25.7 Å². The predicted molar refractivity (Wildman–Crippen MR) is 82.6 cm³/mol. The molecule has 1 aliphatic carbocycles. The lowest BCUT2D eigenvalue weighted by atomic mass is 9.95. The zero-order chi connectivity index (χ0) is 14.4. The number of hydrogen-bond acceptors (Lipinski definition) is 3. The van der Waals surface area contributed by atoms with Crippen LogP contribution in [0.4, 0.5) is 10.1 Å². The number of carbonyl (C=O) groups is 1. The van der Waals surface area contributed by atoms with Gasteiger partial charge in [-0.3, -0.25) is 4.79 Å². The third-order valence-corrected chi connectivity index (χ3v) is 4.81. The van der Waals surface area contributed by atoms with Gasteiger partial charge in [-0.1, -0.05) is 18.9 Å². The molecule has 1 saturated carbocycles. The number of rotatable bonds is 5. The Morgan fingerprint density at radius 2 is 2.20 bits per heavy atom. The molecule has 110 valence electrons. The fourth-order valence-corrected chi connectivity index (χ4v) is 3.57. The number of halogens is 1. The van der Waals surface area contributed by atoms with Crippen molar-refractivity contribution in [2.45, 2.75) is 37.0 Å². The third kappa shape index (κ3) is 4.49. The summed E-state index contributed by atoms with van der Waals surface area (Å²) in [5.74, 6) is -0.466. The van der Waals surface area contributed by atoms with Gasteiger partial charge in [0, 0.05) is 17.0 Å². The lowest BCUT2D eigenvalue weighted by Crippen LogP contribution is -2.43. The van der Waals surface area contributed by atoms with E-state index in [0.717, 1.165) is 6.42 Å². The van der Waals surface area contributed by atoms with Gasteiger partial charge >= 0.3 is 0 Å². The Bertz CT molecular complexity index is 455. The molecule has 0 saturated heterocycles. The van der Waals surface area contributed by atoms with Crippen molar-refractivity contribution in [1.29, 1.82) is 0 Å². The number of anilines is 1. The fraction of sp³-hybridized carbons (Fsp3) is 0.533. The van der Waals surface area contributed by atoms with Gasteiger partial charge in [-0.05, 0) is 37.3 Å². The van der Waals surface area contributed by atoms with E-state index in [1.54, 1.807) is 12.1 Å². The molecule has 0 spiro atoms. The minimum Gasteiger partial charge on any atom is -0.325 e. The molecule has 2 N–H and O–H groups in total. The summed E-state index contributed by atoms with van der Waals surface area (Å²) in [7, 11) is 0. The minimum atomic E-state index is -0.342. The van der Waals surface area contributed by atoms with E-state index in [9.17, 15) is 9.18 Å². The Kier molecular flexibility index (Phi) is 5.86. The molecule has 2 atom stereocenters. The topological polar surface area (TPSA) is 41.1 Å². The lowest BCUT2D eigenvalue weighted by Gasteiger charge is -2.30. The summed E-state index contributed by atoms with van der Waals surface area (Å²) in [6.07, 6.45) is 6.96. The van der Waals surface area contributed by atoms with Gasteiger partial charge in [0.15, 0.2) is 0 Å². The van der Waals surface area contributed by atoms with Crippen LogP contribution in [0.25, 0.3) is 0 Å². The quantitative estimate of drug-likeness (QED) is 0.877. The zero-order valence-electron chi connectivity index (χ0n) is 11.7. The number of carbonyl (C=O) groups excluding carboxylic acids is 1. The van der Waals surface area contributed by atoms with E-state index in [4.69, 9.17) is 0 Å². The molecule has 1 fully saturated rings. The molecule has 1 aliphatic rings. The van der Waals surface area contributed by atoms with Crippen molar-refractivity contribution < 1.29 is 9.18 Å². The van der Waals surface area contributed by atoms with Gasteiger partial charge in [-0.2, -0.15) is 11.8 Å². The maximum absolute atomic E-state index is 13.0. The molecule has 0 aromatic heterocycles. The number of thioether (sulfide) groups is 1. The van der Waals surface area contributed by atoms with Crippen molar-refractivity contribution in [2.75, 3.05) is 18.1 Å². The van der Waals surface area contributed by atoms with Crippen molar-refractivity contribution in [3.8, 4) is 0 Å². The molecule has 5 heteroatoms. The van der Waals surface area contributed by atoms with E-state index >= 15 is 0 Å². The molecule has 1 aromatic carbocycles. The highest BCUT2D eigenvalue weighted by atomic mass is 32.2. The van der Waals surface area contributed by atoms with Crippen LogP contribution in [0.3, 0.4) is 0 Å². The van der Waals surface area contributed by atoms with E-state index in [1.165, 1.54) is 31.4 Å². The van der Waals surface area contributed by atoms with E-state index in [2.05, 4.69) is 16.9 Å². The van der Waals surface area contributed by atoms with Gasteiger partial charge in [-0.25, -0.2) is 4.39 Å². The van der Waals surface area contributed by atoms with Gasteiger partial charge in [0.05, 0.1) is 6.54 Å². The van der Waals surface area contributed by atoms with Crippen LogP contribution in [-0.4, -0.2) is 30.0 Å². The van der Waals surface area contributed by atoms with Crippen molar-refractivity contribution >= 4 is 23.4 Å². The first-order valence-electron chi connectivity index (χ1n) is 7.00. The molecule has 2 rings (SSSR count). The number of benzene rings is 1. The minimum absolute atomic E-state index is 0.124. The summed E-state index contributed by atoms with van der Waals surface area (Å²) in [6, 6.07) is 6.36. The number of nitrogens with one attached hydrogen (secondary N) is 2. The molecular weight excluding hydrogens is 275 g/mol. The Balaban J connectivity index is 1.79. The average Bonchev–Trinajstić information content (AvgIpc) is 2.45. The summed E-state index contributed by atoms with van der Waals surface area (Å²) < 4.78 is 13.0. The first-order chi connectivity index (χ1) is 9.69. The molecule has 0 aliphatic heterocycles. The van der Waals surface area contributed by atoms with Crippen LogP contribution >= 0.6 is 11.8 Å². The third-order valence-electron chi connectivity index (χ3n) is 3.64. The molecule has 0 radical (unpaired) electrons. The van der Waals surface area contributed by atoms with Crippen molar-refractivity contribution in [1.82, 2.24) is 5.32 Å². The van der Waals surface area contributed by atoms with Crippen LogP contribution in [0.2, 0.25) is 0 Å². The average molecular weight is 296 g/mol. The second-order valence-corrected chi connectivity index (χ2v) is 6.18. The maximum Gasteiger partial charge on any atom is 0.238 e. The van der Waals surface area contributed by atoms with E-state index in [0.29, 0.717) is 17.0 Å². The highest BCUT2D eigenvalue weighted by molar-refractivity contribution is 7.99. The van der Waals surface area contributed by atoms with Gasteiger partial charge < -0.3 is 10.6 Å². The predicted octanol–water partition coefficient (Wildman–Crippen LogP) is 3.03. The van der Waals surface area contributed by atoms with Crippen LogP contribution < -0.4 is 10.6 Å².